The molecule has 23 heavy (non-hydrogen) atoms. The molecule has 1 aromatic carbocycles. The summed E-state index contributed by atoms with van der Waals surface area (Å²) in [6, 6.07) is 7.41. The molecule has 0 fully saturated rings. The highest BCUT2D eigenvalue weighted by Gasteiger charge is 2.23. The maximum atomic E-state index is 12.6. The summed E-state index contributed by atoms with van der Waals surface area (Å²) in [7, 11) is 3.26. The maximum absolute atomic E-state index is 12.6. The zero-order valence-electron chi connectivity index (χ0n) is 13.3. The molecule has 0 unspecified atom stereocenters. The quantitative estimate of drug-likeness (QED) is 0.885. The second-order valence-electron chi connectivity index (χ2n) is 5.30. The molecule has 0 aliphatic carbocycles. The third-order valence-corrected chi connectivity index (χ3v) is 3.50. The number of rotatable bonds is 6. The van der Waals surface area contributed by atoms with Crippen LogP contribution in [0.5, 0.6) is 5.75 Å². The average molecular weight is 317 g/mol. The Hall–Kier alpha value is -2.76. The van der Waals surface area contributed by atoms with E-state index < -0.39 is 5.97 Å². The third-order valence-electron chi connectivity index (χ3n) is 3.50. The molecule has 6 heteroatoms. The van der Waals surface area contributed by atoms with Gasteiger partial charge in [-0.3, -0.25) is 9.59 Å². The Labute approximate surface area is 134 Å². The largest absolute Gasteiger partial charge is 0.497 e. The van der Waals surface area contributed by atoms with Gasteiger partial charge in [0.05, 0.1) is 18.9 Å². The topological polar surface area (TPSA) is 80.0 Å². The van der Waals surface area contributed by atoms with Gasteiger partial charge in [0.15, 0.2) is 0 Å². The Bertz CT molecular complexity index is 702. The van der Waals surface area contributed by atoms with Crippen LogP contribution in [0.1, 0.15) is 27.2 Å². The van der Waals surface area contributed by atoms with Gasteiger partial charge in [-0.25, -0.2) is 0 Å². The summed E-state index contributed by atoms with van der Waals surface area (Å²) in [5.74, 6) is -0.367. The van der Waals surface area contributed by atoms with E-state index in [4.69, 9.17) is 14.3 Å². The van der Waals surface area contributed by atoms with Crippen LogP contribution in [-0.4, -0.2) is 36.0 Å². The minimum Gasteiger partial charge on any atom is -0.497 e. The minimum atomic E-state index is -1.04. The van der Waals surface area contributed by atoms with Crippen molar-refractivity contribution in [1.82, 2.24) is 4.90 Å². The predicted molar refractivity (Wildman–Crippen MR) is 83.6 cm³/mol. The van der Waals surface area contributed by atoms with Crippen molar-refractivity contribution in [3.8, 4) is 5.75 Å². The van der Waals surface area contributed by atoms with Crippen LogP contribution in [0.2, 0.25) is 0 Å². The van der Waals surface area contributed by atoms with Gasteiger partial charge >= 0.3 is 5.97 Å². The minimum absolute atomic E-state index is 0.182. The molecule has 0 aliphatic rings. The average Bonchev–Trinajstić information content (AvgIpc) is 2.87. The molecule has 122 valence electrons. The molecule has 1 amide bonds. The number of carboxylic acids is 1. The first-order chi connectivity index (χ1) is 10.9. The van der Waals surface area contributed by atoms with E-state index in [0.717, 1.165) is 11.3 Å². The SMILES string of the molecule is COc1ccc(CN(C)C(=O)c2c(C)coc2CC(=O)O)cc1. The first-order valence-electron chi connectivity index (χ1n) is 7.09. The van der Waals surface area contributed by atoms with Gasteiger partial charge in [-0.2, -0.15) is 0 Å². The van der Waals surface area contributed by atoms with Crippen molar-refractivity contribution in [3.05, 3.63) is 53.0 Å². The number of benzene rings is 1. The summed E-state index contributed by atoms with van der Waals surface area (Å²) < 4.78 is 10.3. The first-order valence-corrected chi connectivity index (χ1v) is 7.09. The molecule has 0 saturated heterocycles. The molecule has 1 heterocycles. The first kappa shape index (κ1) is 16.6. The third kappa shape index (κ3) is 3.91. The number of methoxy groups -OCH3 is 1. The molecule has 0 spiro atoms. The highest BCUT2D eigenvalue weighted by atomic mass is 16.5. The summed E-state index contributed by atoms with van der Waals surface area (Å²) in [6.07, 6.45) is 1.10. The van der Waals surface area contributed by atoms with E-state index in [1.165, 1.54) is 11.2 Å². The Morgan fingerprint density at radius 2 is 1.91 bits per heavy atom. The number of amides is 1. The van der Waals surface area contributed by atoms with E-state index >= 15 is 0 Å². The van der Waals surface area contributed by atoms with E-state index in [1.807, 2.05) is 24.3 Å². The summed E-state index contributed by atoms with van der Waals surface area (Å²) in [6.45, 7) is 2.13. The van der Waals surface area contributed by atoms with Gasteiger partial charge < -0.3 is 19.2 Å². The monoisotopic (exact) mass is 317 g/mol. The summed E-state index contributed by atoms with van der Waals surface area (Å²) in [4.78, 5) is 25.0. The number of ether oxygens (including phenoxy) is 1. The lowest BCUT2D eigenvalue weighted by atomic mass is 10.1. The maximum Gasteiger partial charge on any atom is 0.311 e. The van der Waals surface area contributed by atoms with Crippen LogP contribution in [0.25, 0.3) is 0 Å². The van der Waals surface area contributed by atoms with Crippen LogP contribution >= 0.6 is 0 Å². The molecule has 0 radical (unpaired) electrons. The zero-order valence-corrected chi connectivity index (χ0v) is 13.3. The lowest BCUT2D eigenvalue weighted by Crippen LogP contribution is -2.27. The Morgan fingerprint density at radius 1 is 1.26 bits per heavy atom. The van der Waals surface area contributed by atoms with Gasteiger partial charge in [0, 0.05) is 19.2 Å². The molecule has 0 bridgehead atoms. The van der Waals surface area contributed by atoms with Crippen molar-refractivity contribution < 1.29 is 23.8 Å². The van der Waals surface area contributed by atoms with Crippen molar-refractivity contribution in [2.24, 2.45) is 0 Å². The molecule has 2 aromatic rings. The van der Waals surface area contributed by atoms with Gasteiger partial charge in [0.25, 0.3) is 5.91 Å². The lowest BCUT2D eigenvalue weighted by molar-refractivity contribution is -0.136. The van der Waals surface area contributed by atoms with Crippen molar-refractivity contribution in [1.29, 1.82) is 0 Å². The molecular weight excluding hydrogens is 298 g/mol. The van der Waals surface area contributed by atoms with E-state index in [0.29, 0.717) is 17.7 Å². The Balaban J connectivity index is 2.15. The number of hydrogen-bond donors (Lipinski definition) is 1. The van der Waals surface area contributed by atoms with E-state index in [-0.39, 0.29) is 18.1 Å². The highest BCUT2D eigenvalue weighted by Crippen LogP contribution is 2.20. The normalized spacial score (nSPS) is 10.4. The van der Waals surface area contributed by atoms with Crippen molar-refractivity contribution in [2.75, 3.05) is 14.2 Å². The molecule has 2 rings (SSSR count). The second-order valence-corrected chi connectivity index (χ2v) is 5.30. The summed E-state index contributed by atoms with van der Waals surface area (Å²) in [5.41, 5.74) is 1.90. The van der Waals surface area contributed by atoms with Crippen LogP contribution in [-0.2, 0) is 17.8 Å². The van der Waals surface area contributed by atoms with Gasteiger partial charge in [-0.05, 0) is 24.6 Å². The van der Waals surface area contributed by atoms with Crippen molar-refractivity contribution in [2.45, 2.75) is 19.9 Å². The number of aryl methyl sites for hydroxylation is 1. The number of carboxylic acid groups (broad SMARTS) is 1. The van der Waals surface area contributed by atoms with Gasteiger partial charge in [0.1, 0.15) is 17.9 Å². The van der Waals surface area contributed by atoms with Crippen LogP contribution < -0.4 is 4.74 Å². The molecule has 0 saturated carbocycles. The van der Waals surface area contributed by atoms with Gasteiger partial charge in [0.2, 0.25) is 0 Å². The fourth-order valence-corrected chi connectivity index (χ4v) is 2.32. The van der Waals surface area contributed by atoms with Crippen molar-refractivity contribution >= 4 is 11.9 Å². The number of hydrogen-bond acceptors (Lipinski definition) is 4. The van der Waals surface area contributed by atoms with Crippen LogP contribution in [0.4, 0.5) is 0 Å². The molecule has 1 aromatic heterocycles. The van der Waals surface area contributed by atoms with E-state index in [1.54, 1.807) is 21.1 Å². The smallest absolute Gasteiger partial charge is 0.311 e. The molecule has 1 N–H and O–H groups in total. The van der Waals surface area contributed by atoms with E-state index in [9.17, 15) is 9.59 Å². The van der Waals surface area contributed by atoms with Crippen molar-refractivity contribution in [3.63, 3.8) is 0 Å². The highest BCUT2D eigenvalue weighted by molar-refractivity contribution is 5.97. The summed E-state index contributed by atoms with van der Waals surface area (Å²) >= 11 is 0. The Morgan fingerprint density at radius 3 is 2.48 bits per heavy atom. The standard InChI is InChI=1S/C17H19NO5/c1-11-10-23-14(8-15(19)20)16(11)17(21)18(2)9-12-4-6-13(22-3)7-5-12/h4-7,10H,8-9H2,1-3H3,(H,19,20). The number of furan rings is 1. The number of aliphatic carboxylic acids is 1. The molecule has 6 nitrogen and oxygen atoms in total. The van der Waals surface area contributed by atoms with Gasteiger partial charge in [-0.15, -0.1) is 0 Å². The zero-order chi connectivity index (χ0) is 17.0. The fraction of sp³-hybridized carbons (Fsp3) is 0.294. The second kappa shape index (κ2) is 7.00. The fourth-order valence-electron chi connectivity index (χ4n) is 2.32. The molecule has 0 aliphatic heterocycles. The van der Waals surface area contributed by atoms with Crippen LogP contribution in [0, 0.1) is 6.92 Å². The summed E-state index contributed by atoms with van der Waals surface area (Å²) in [5, 5.41) is 8.91. The number of carbonyl (C=O) groups is 2. The molecular formula is C17H19NO5. The lowest BCUT2D eigenvalue weighted by Gasteiger charge is -2.18. The van der Waals surface area contributed by atoms with Crippen LogP contribution in [0.3, 0.4) is 0 Å². The Kier molecular flexibility index (Phi) is 5.05. The molecule has 0 atom stereocenters. The van der Waals surface area contributed by atoms with Crippen LogP contribution in [0.15, 0.2) is 34.9 Å². The van der Waals surface area contributed by atoms with E-state index in [2.05, 4.69) is 0 Å². The predicted octanol–water partition coefficient (Wildman–Crippen LogP) is 2.50. The van der Waals surface area contributed by atoms with Gasteiger partial charge in [-0.1, -0.05) is 12.1 Å². The number of carbonyl (C=O) groups excluding carboxylic acids is 1. The number of nitrogens with zero attached hydrogens (tertiary/aromatic N) is 1.